The van der Waals surface area contributed by atoms with Gasteiger partial charge in [0.25, 0.3) is 0 Å². The summed E-state index contributed by atoms with van der Waals surface area (Å²) in [5.41, 5.74) is 1.35. The summed E-state index contributed by atoms with van der Waals surface area (Å²) in [5.74, 6) is 0.802. The largest absolute Gasteiger partial charge is 0.376 e. The van der Waals surface area contributed by atoms with Crippen molar-refractivity contribution in [2.75, 3.05) is 19.7 Å². The minimum Gasteiger partial charge on any atom is -0.376 e. The number of ether oxygens (including phenoxy) is 1. The molecule has 3 nitrogen and oxygen atoms in total. The van der Waals surface area contributed by atoms with Crippen molar-refractivity contribution < 1.29 is 4.74 Å². The highest BCUT2D eigenvalue weighted by molar-refractivity contribution is 5.09. The smallest absolute Gasteiger partial charge is 0.0702 e. The summed E-state index contributed by atoms with van der Waals surface area (Å²) in [6.07, 6.45) is 7.96. The first-order valence-electron chi connectivity index (χ1n) is 7.47. The third-order valence-corrected chi connectivity index (χ3v) is 3.69. The van der Waals surface area contributed by atoms with Crippen LogP contribution in [0.3, 0.4) is 0 Å². The van der Waals surface area contributed by atoms with Gasteiger partial charge < -0.3 is 4.74 Å². The Morgan fingerprint density at radius 2 is 2.16 bits per heavy atom. The first kappa shape index (κ1) is 14.5. The third-order valence-electron chi connectivity index (χ3n) is 3.69. The van der Waals surface area contributed by atoms with Crippen molar-refractivity contribution in [3.8, 4) is 0 Å². The maximum atomic E-state index is 5.87. The van der Waals surface area contributed by atoms with Gasteiger partial charge in [0.1, 0.15) is 0 Å². The molecule has 0 aliphatic carbocycles. The molecule has 0 saturated carbocycles. The van der Waals surface area contributed by atoms with Gasteiger partial charge in [-0.15, -0.1) is 0 Å². The highest BCUT2D eigenvalue weighted by Gasteiger charge is 2.20. The molecular weight excluding hydrogens is 236 g/mol. The minimum atomic E-state index is 0.425. The molecule has 1 saturated heterocycles. The monoisotopic (exact) mass is 262 g/mol. The molecule has 1 aliphatic heterocycles. The lowest BCUT2D eigenvalue weighted by Crippen LogP contribution is -2.41. The van der Waals surface area contributed by atoms with Crippen LogP contribution < -0.4 is 0 Å². The summed E-state index contributed by atoms with van der Waals surface area (Å²) in [7, 11) is 0. The van der Waals surface area contributed by atoms with Crippen LogP contribution in [0.1, 0.15) is 38.7 Å². The lowest BCUT2D eigenvalue weighted by molar-refractivity contribution is -0.0360. The summed E-state index contributed by atoms with van der Waals surface area (Å²) in [6.45, 7) is 8.59. The standard InChI is InChI=1S/C16H26N2O/c1-14(2)4-3-5-16-13-18(10-11-19-16)12-15-6-8-17-9-7-15/h6-9,14,16H,3-5,10-13H2,1-2H3. The lowest BCUT2D eigenvalue weighted by Gasteiger charge is -2.33. The van der Waals surface area contributed by atoms with Crippen molar-refractivity contribution in [3.05, 3.63) is 30.1 Å². The number of aromatic nitrogens is 1. The minimum absolute atomic E-state index is 0.425. The van der Waals surface area contributed by atoms with E-state index in [4.69, 9.17) is 4.74 Å². The number of morpholine rings is 1. The molecule has 106 valence electrons. The molecule has 1 fully saturated rings. The van der Waals surface area contributed by atoms with Crippen molar-refractivity contribution in [2.45, 2.75) is 45.8 Å². The summed E-state index contributed by atoms with van der Waals surface area (Å²) in [5, 5.41) is 0. The van der Waals surface area contributed by atoms with Crippen molar-refractivity contribution in [2.24, 2.45) is 5.92 Å². The average Bonchev–Trinajstić information content (AvgIpc) is 2.40. The maximum absolute atomic E-state index is 5.87. The van der Waals surface area contributed by atoms with Crippen molar-refractivity contribution in [3.63, 3.8) is 0 Å². The zero-order chi connectivity index (χ0) is 13.5. The summed E-state index contributed by atoms with van der Waals surface area (Å²) in [4.78, 5) is 6.57. The Kier molecular flexibility index (Phi) is 5.80. The molecule has 0 spiro atoms. The van der Waals surface area contributed by atoms with Gasteiger partial charge >= 0.3 is 0 Å². The lowest BCUT2D eigenvalue weighted by atomic mass is 10.0. The van der Waals surface area contributed by atoms with Crippen molar-refractivity contribution >= 4 is 0 Å². The molecule has 2 rings (SSSR count). The number of hydrogen-bond donors (Lipinski definition) is 0. The van der Waals surface area contributed by atoms with E-state index in [-0.39, 0.29) is 0 Å². The second kappa shape index (κ2) is 7.61. The van der Waals surface area contributed by atoms with E-state index in [1.165, 1.54) is 24.8 Å². The van der Waals surface area contributed by atoms with E-state index >= 15 is 0 Å². The number of rotatable bonds is 6. The Balaban J connectivity index is 1.74. The maximum Gasteiger partial charge on any atom is 0.0702 e. The van der Waals surface area contributed by atoms with Crippen LogP contribution in [-0.4, -0.2) is 35.7 Å². The van der Waals surface area contributed by atoms with E-state index < -0.39 is 0 Å². The van der Waals surface area contributed by atoms with Crippen molar-refractivity contribution in [1.82, 2.24) is 9.88 Å². The Morgan fingerprint density at radius 3 is 2.89 bits per heavy atom. The van der Waals surface area contributed by atoms with Gasteiger partial charge in [-0.25, -0.2) is 0 Å². The van der Waals surface area contributed by atoms with Crippen LogP contribution in [0, 0.1) is 5.92 Å². The molecule has 1 aromatic rings. The molecule has 1 unspecified atom stereocenters. The Hall–Kier alpha value is -0.930. The van der Waals surface area contributed by atoms with Gasteiger partial charge in [0.15, 0.2) is 0 Å². The molecule has 2 heterocycles. The van der Waals surface area contributed by atoms with Crippen LogP contribution in [-0.2, 0) is 11.3 Å². The fourth-order valence-corrected chi connectivity index (χ4v) is 2.60. The van der Waals surface area contributed by atoms with Gasteiger partial charge in [0.05, 0.1) is 12.7 Å². The fraction of sp³-hybridized carbons (Fsp3) is 0.688. The molecule has 0 N–H and O–H groups in total. The molecule has 19 heavy (non-hydrogen) atoms. The zero-order valence-electron chi connectivity index (χ0n) is 12.2. The molecule has 1 atom stereocenters. The fourth-order valence-electron chi connectivity index (χ4n) is 2.60. The second-order valence-corrected chi connectivity index (χ2v) is 5.91. The third kappa shape index (κ3) is 5.29. The quantitative estimate of drug-likeness (QED) is 0.787. The predicted octanol–water partition coefficient (Wildman–Crippen LogP) is 3.11. The highest BCUT2D eigenvalue weighted by atomic mass is 16.5. The van der Waals surface area contributed by atoms with Gasteiger partial charge in [0.2, 0.25) is 0 Å². The predicted molar refractivity (Wildman–Crippen MR) is 77.9 cm³/mol. The Morgan fingerprint density at radius 1 is 1.37 bits per heavy atom. The average molecular weight is 262 g/mol. The van der Waals surface area contributed by atoms with Gasteiger partial charge in [-0.2, -0.15) is 0 Å². The molecular formula is C16H26N2O. The van der Waals surface area contributed by atoms with E-state index in [9.17, 15) is 0 Å². The summed E-state index contributed by atoms with van der Waals surface area (Å²) >= 11 is 0. The molecule has 3 heteroatoms. The van der Waals surface area contributed by atoms with Crippen LogP contribution in [0.15, 0.2) is 24.5 Å². The first-order chi connectivity index (χ1) is 9.24. The van der Waals surface area contributed by atoms with Crippen LogP contribution in [0.2, 0.25) is 0 Å². The van der Waals surface area contributed by atoms with Crippen LogP contribution in [0.5, 0.6) is 0 Å². The molecule has 0 aromatic carbocycles. The van der Waals surface area contributed by atoms with E-state index in [1.54, 1.807) is 0 Å². The Bertz CT molecular complexity index is 353. The Labute approximate surface area is 117 Å². The first-order valence-corrected chi connectivity index (χ1v) is 7.47. The topological polar surface area (TPSA) is 25.4 Å². The van der Waals surface area contributed by atoms with E-state index in [0.29, 0.717) is 6.10 Å². The molecule has 0 bridgehead atoms. The molecule has 1 aliphatic rings. The van der Waals surface area contributed by atoms with Gasteiger partial charge in [0, 0.05) is 32.0 Å². The van der Waals surface area contributed by atoms with Gasteiger partial charge in [-0.3, -0.25) is 9.88 Å². The van der Waals surface area contributed by atoms with Gasteiger partial charge in [-0.1, -0.05) is 26.7 Å². The highest BCUT2D eigenvalue weighted by Crippen LogP contribution is 2.16. The summed E-state index contributed by atoms with van der Waals surface area (Å²) in [6, 6.07) is 4.20. The molecule has 0 radical (unpaired) electrons. The van der Waals surface area contributed by atoms with Crippen LogP contribution >= 0.6 is 0 Å². The SMILES string of the molecule is CC(C)CCCC1CN(Cc2ccncc2)CCO1. The van der Waals surface area contributed by atoms with Crippen molar-refractivity contribution in [1.29, 1.82) is 0 Å². The normalized spacial score (nSPS) is 20.9. The molecule has 0 amide bonds. The van der Waals surface area contributed by atoms with Crippen LogP contribution in [0.25, 0.3) is 0 Å². The van der Waals surface area contributed by atoms with Crippen LogP contribution in [0.4, 0.5) is 0 Å². The van der Waals surface area contributed by atoms with E-state index in [0.717, 1.165) is 32.2 Å². The van der Waals surface area contributed by atoms with E-state index in [1.807, 2.05) is 12.4 Å². The number of pyridine rings is 1. The summed E-state index contributed by atoms with van der Waals surface area (Å²) < 4.78 is 5.87. The number of nitrogens with zero attached hydrogens (tertiary/aromatic N) is 2. The second-order valence-electron chi connectivity index (χ2n) is 5.91. The van der Waals surface area contributed by atoms with Gasteiger partial charge in [-0.05, 0) is 30.0 Å². The molecule has 1 aromatic heterocycles. The number of hydrogen-bond acceptors (Lipinski definition) is 3. The zero-order valence-corrected chi connectivity index (χ0v) is 12.2. The van der Waals surface area contributed by atoms with E-state index in [2.05, 4.69) is 35.9 Å².